The molecule has 1 N–H and O–H groups in total. The molecule has 5 rings (SSSR count). The molecule has 3 aromatic carbocycles. The molecule has 3 aromatic rings. The summed E-state index contributed by atoms with van der Waals surface area (Å²) in [7, 11) is 0. The molecule has 0 spiro atoms. The van der Waals surface area contributed by atoms with E-state index in [1.54, 1.807) is 6.07 Å². The van der Waals surface area contributed by atoms with Crippen LogP contribution in [0, 0.1) is 0 Å². The molecule has 2 unspecified atom stereocenters. The summed E-state index contributed by atoms with van der Waals surface area (Å²) in [6.07, 6.45) is -1.68. The van der Waals surface area contributed by atoms with E-state index < -0.39 is 54.0 Å². The Morgan fingerprint density at radius 2 is 1.08 bits per heavy atom. The molecule has 0 aromatic heterocycles. The van der Waals surface area contributed by atoms with E-state index in [-0.39, 0.29) is 65.4 Å². The molecule has 0 amide bonds. The number of ether oxygens (including phenoxy) is 4. The van der Waals surface area contributed by atoms with Gasteiger partial charge in [0.2, 0.25) is 0 Å². The van der Waals surface area contributed by atoms with Crippen LogP contribution in [0.4, 0.5) is 0 Å². The van der Waals surface area contributed by atoms with Crippen molar-refractivity contribution in [3.63, 3.8) is 0 Å². The number of benzene rings is 3. The standard InChI is InChI=1S/C33H26O16/c1-16(46-28(36)20-5-8-23-26(11-20)33(41)49-30(23)38)12-42-44-14-18-3-6-21(27(34)35)24(9-18)31(39)47-17(2)13-43-45-15-19-4-7-22-25(10-19)32(40)48-29(22)37/h3-11,16-17H,12-15H2,1-2H3,(H,34,35). The fourth-order valence-corrected chi connectivity index (χ4v) is 4.54. The number of carbonyl (C=O) groups excluding carboxylic acids is 6. The first kappa shape index (κ1) is 34.5. The molecule has 0 radical (unpaired) electrons. The van der Waals surface area contributed by atoms with Crippen LogP contribution in [0.25, 0.3) is 0 Å². The molecular formula is C33H26O16. The Hall–Kier alpha value is -5.81. The predicted molar refractivity (Wildman–Crippen MR) is 157 cm³/mol. The molecule has 0 saturated heterocycles. The second kappa shape index (κ2) is 15.0. The minimum absolute atomic E-state index is 0.0219. The lowest BCUT2D eigenvalue weighted by Crippen LogP contribution is -2.22. The van der Waals surface area contributed by atoms with E-state index in [0.717, 1.165) is 0 Å². The van der Waals surface area contributed by atoms with Gasteiger partial charge >= 0.3 is 41.8 Å². The Labute approximate surface area is 276 Å². The zero-order chi connectivity index (χ0) is 35.2. The van der Waals surface area contributed by atoms with Crippen LogP contribution in [0.2, 0.25) is 0 Å². The molecular weight excluding hydrogens is 652 g/mol. The average molecular weight is 679 g/mol. The molecule has 16 heteroatoms. The Morgan fingerprint density at radius 3 is 1.67 bits per heavy atom. The van der Waals surface area contributed by atoms with Gasteiger partial charge in [0.15, 0.2) is 0 Å². The number of carboxylic acid groups (broad SMARTS) is 1. The topological polar surface area (TPSA) is 214 Å². The molecule has 254 valence electrons. The van der Waals surface area contributed by atoms with Gasteiger partial charge in [-0.3, -0.25) is 0 Å². The number of aromatic carboxylic acids is 1. The molecule has 49 heavy (non-hydrogen) atoms. The highest BCUT2D eigenvalue weighted by atomic mass is 17.2. The number of cyclic esters (lactones) is 4. The summed E-state index contributed by atoms with van der Waals surface area (Å²) in [5, 5.41) is 9.58. The van der Waals surface area contributed by atoms with Gasteiger partial charge in [0, 0.05) is 0 Å². The van der Waals surface area contributed by atoms with Crippen molar-refractivity contribution in [2.24, 2.45) is 0 Å². The van der Waals surface area contributed by atoms with Crippen molar-refractivity contribution >= 4 is 41.8 Å². The Bertz CT molecular complexity index is 1860. The van der Waals surface area contributed by atoms with Crippen molar-refractivity contribution in [2.75, 3.05) is 13.2 Å². The van der Waals surface area contributed by atoms with Crippen molar-refractivity contribution in [3.05, 3.63) is 105 Å². The van der Waals surface area contributed by atoms with Crippen LogP contribution in [0.3, 0.4) is 0 Å². The largest absolute Gasteiger partial charge is 0.478 e. The minimum Gasteiger partial charge on any atom is -0.478 e. The maximum atomic E-state index is 12.9. The fourth-order valence-electron chi connectivity index (χ4n) is 4.54. The first-order valence-electron chi connectivity index (χ1n) is 14.5. The van der Waals surface area contributed by atoms with Crippen LogP contribution >= 0.6 is 0 Å². The van der Waals surface area contributed by atoms with Gasteiger partial charge in [-0.15, -0.1) is 0 Å². The van der Waals surface area contributed by atoms with E-state index >= 15 is 0 Å². The molecule has 0 fully saturated rings. The van der Waals surface area contributed by atoms with Crippen molar-refractivity contribution in [1.29, 1.82) is 0 Å². The average Bonchev–Trinajstić information content (AvgIpc) is 3.52. The van der Waals surface area contributed by atoms with Crippen LogP contribution in [0.15, 0.2) is 54.6 Å². The molecule has 2 aliphatic rings. The lowest BCUT2D eigenvalue weighted by Gasteiger charge is -2.15. The highest BCUT2D eigenvalue weighted by molar-refractivity contribution is 6.16. The van der Waals surface area contributed by atoms with Gasteiger partial charge in [0.05, 0.1) is 38.9 Å². The monoisotopic (exact) mass is 678 g/mol. The maximum absolute atomic E-state index is 12.9. The van der Waals surface area contributed by atoms with Gasteiger partial charge in [-0.25, -0.2) is 53.1 Å². The molecule has 2 atom stereocenters. The van der Waals surface area contributed by atoms with E-state index in [0.29, 0.717) is 11.1 Å². The summed E-state index contributed by atoms with van der Waals surface area (Å²) in [5.74, 6) is -6.25. The highest BCUT2D eigenvalue weighted by Gasteiger charge is 2.31. The smallest absolute Gasteiger partial charge is 0.346 e. The predicted octanol–water partition coefficient (Wildman–Crippen LogP) is 3.39. The zero-order valence-corrected chi connectivity index (χ0v) is 25.8. The summed E-state index contributed by atoms with van der Waals surface area (Å²) in [5.41, 5.74) is 0.582. The third kappa shape index (κ3) is 8.20. The van der Waals surface area contributed by atoms with Crippen molar-refractivity contribution < 1.29 is 77.2 Å². The lowest BCUT2D eigenvalue weighted by molar-refractivity contribution is -0.312. The van der Waals surface area contributed by atoms with Crippen LogP contribution < -0.4 is 0 Å². The van der Waals surface area contributed by atoms with Crippen molar-refractivity contribution in [1.82, 2.24) is 0 Å². The first-order valence-corrected chi connectivity index (χ1v) is 14.5. The molecule has 16 nitrogen and oxygen atoms in total. The number of rotatable bonds is 15. The highest BCUT2D eigenvalue weighted by Crippen LogP contribution is 2.23. The second-order valence-corrected chi connectivity index (χ2v) is 10.7. The van der Waals surface area contributed by atoms with Crippen molar-refractivity contribution in [2.45, 2.75) is 39.3 Å². The molecule has 0 saturated carbocycles. The van der Waals surface area contributed by atoms with Crippen LogP contribution in [-0.4, -0.2) is 72.3 Å². The van der Waals surface area contributed by atoms with Gasteiger partial charge in [0.1, 0.15) is 38.6 Å². The molecule has 2 aliphatic heterocycles. The quantitative estimate of drug-likeness (QED) is 0.0609. The Morgan fingerprint density at radius 1 is 0.592 bits per heavy atom. The Balaban J connectivity index is 1.06. The van der Waals surface area contributed by atoms with E-state index in [1.807, 2.05) is 0 Å². The Kier molecular flexibility index (Phi) is 10.5. The maximum Gasteiger partial charge on any atom is 0.346 e. The van der Waals surface area contributed by atoms with Crippen molar-refractivity contribution in [3.8, 4) is 0 Å². The third-order valence-corrected chi connectivity index (χ3v) is 6.96. The van der Waals surface area contributed by atoms with Crippen LogP contribution in [-0.2, 0) is 51.7 Å². The molecule has 2 heterocycles. The zero-order valence-electron chi connectivity index (χ0n) is 25.8. The minimum atomic E-state index is -1.37. The second-order valence-electron chi connectivity index (χ2n) is 10.7. The first-order chi connectivity index (χ1) is 23.4. The SMILES string of the molecule is CC(COOCc1ccc(C(=O)O)c(C(=O)OC(C)COOCc2ccc3c(c2)C(=O)OC3=O)c1)OC(=O)c1ccc2c(c1)C(=O)OC2=O. The summed E-state index contributed by atoms with van der Waals surface area (Å²) in [6, 6.07) is 12.1. The summed E-state index contributed by atoms with van der Waals surface area (Å²) < 4.78 is 19.6. The lowest BCUT2D eigenvalue weighted by atomic mass is 10.0. The number of esters is 6. The summed E-state index contributed by atoms with van der Waals surface area (Å²) >= 11 is 0. The van der Waals surface area contributed by atoms with Gasteiger partial charge < -0.3 is 24.1 Å². The van der Waals surface area contributed by atoms with E-state index in [2.05, 4.69) is 9.47 Å². The number of hydrogen-bond donors (Lipinski definition) is 1. The summed E-state index contributed by atoms with van der Waals surface area (Å²) in [6.45, 7) is 2.26. The number of hydrogen-bond acceptors (Lipinski definition) is 15. The molecule has 0 bridgehead atoms. The summed E-state index contributed by atoms with van der Waals surface area (Å²) in [4.78, 5) is 104. The number of fused-ring (bicyclic) bond motifs is 2. The fraction of sp³-hybridized carbons (Fsp3) is 0.242. The van der Waals surface area contributed by atoms with E-state index in [4.69, 9.17) is 29.0 Å². The van der Waals surface area contributed by atoms with Crippen LogP contribution in [0.1, 0.15) is 97.5 Å². The number of carboxylic acids is 1. The normalized spacial score (nSPS) is 14.4. The number of carbonyl (C=O) groups is 7. The van der Waals surface area contributed by atoms with E-state index in [9.17, 15) is 38.7 Å². The van der Waals surface area contributed by atoms with Gasteiger partial charge in [-0.2, -0.15) is 0 Å². The van der Waals surface area contributed by atoms with E-state index in [1.165, 1.54) is 62.4 Å². The molecule has 0 aliphatic carbocycles. The third-order valence-electron chi connectivity index (χ3n) is 6.96. The van der Waals surface area contributed by atoms with Gasteiger partial charge in [-0.05, 0) is 67.4 Å². The van der Waals surface area contributed by atoms with Gasteiger partial charge in [0.25, 0.3) is 0 Å². The van der Waals surface area contributed by atoms with Crippen LogP contribution in [0.5, 0.6) is 0 Å². The van der Waals surface area contributed by atoms with Gasteiger partial charge in [-0.1, -0.05) is 12.1 Å².